The van der Waals surface area contributed by atoms with Gasteiger partial charge in [0.05, 0.1) is 0 Å². The van der Waals surface area contributed by atoms with E-state index in [1.54, 1.807) is 12.1 Å². The van der Waals surface area contributed by atoms with Crippen molar-refractivity contribution in [2.45, 2.75) is 74.5 Å². The summed E-state index contributed by atoms with van der Waals surface area (Å²) in [6.45, 7) is 2.13. The molecule has 10 heteroatoms. The van der Waals surface area contributed by atoms with E-state index < -0.39 is 35.5 Å². The van der Waals surface area contributed by atoms with Gasteiger partial charge in [0.1, 0.15) is 12.4 Å². The number of aromatic nitrogens is 2. The Kier molecular flexibility index (Phi) is 6.85. The van der Waals surface area contributed by atoms with Gasteiger partial charge >= 0.3 is 0 Å². The fourth-order valence-electron chi connectivity index (χ4n) is 4.34. The van der Waals surface area contributed by atoms with Crippen molar-refractivity contribution in [2.75, 3.05) is 4.90 Å². The maximum Gasteiger partial charge on any atom is 0.278 e. The molecule has 2 aromatic rings. The fraction of sp³-hybridized carbons (Fsp3) is 0.500. The number of alkyl halides is 4. The van der Waals surface area contributed by atoms with Crippen molar-refractivity contribution >= 4 is 29.1 Å². The lowest BCUT2D eigenvalue weighted by Gasteiger charge is -2.34. The SMILES string of the molecule is CC1(c2ccc(N(C(=O)[C@H](F)Cl)[C@H](C(=O)NC3CCC(F)(F)CC3)c3cncnc3)cc2)CC1. The molecule has 2 amide bonds. The molecule has 2 saturated carbocycles. The van der Waals surface area contributed by atoms with Crippen molar-refractivity contribution in [3.8, 4) is 0 Å². The lowest BCUT2D eigenvalue weighted by Crippen LogP contribution is -2.49. The van der Waals surface area contributed by atoms with Crippen molar-refractivity contribution < 1.29 is 22.8 Å². The molecule has 0 unspecified atom stereocenters. The molecular formula is C24H26ClF3N4O2. The average Bonchev–Trinajstić information content (AvgIpc) is 3.57. The predicted molar refractivity (Wildman–Crippen MR) is 121 cm³/mol. The summed E-state index contributed by atoms with van der Waals surface area (Å²) in [7, 11) is 0. The molecule has 6 nitrogen and oxygen atoms in total. The van der Waals surface area contributed by atoms with Gasteiger partial charge in [-0.25, -0.2) is 23.1 Å². The number of hydrogen-bond acceptors (Lipinski definition) is 4. The first-order chi connectivity index (χ1) is 16.1. The smallest absolute Gasteiger partial charge is 0.278 e. The third-order valence-corrected chi connectivity index (χ3v) is 6.92. The van der Waals surface area contributed by atoms with Crippen molar-refractivity contribution in [1.82, 2.24) is 15.3 Å². The van der Waals surface area contributed by atoms with Crippen LogP contribution in [0.2, 0.25) is 0 Å². The summed E-state index contributed by atoms with van der Waals surface area (Å²) in [6, 6.07) is 5.18. The maximum atomic E-state index is 14.1. The molecule has 2 aliphatic carbocycles. The molecule has 2 atom stereocenters. The molecule has 0 bridgehead atoms. The Morgan fingerprint density at radius 1 is 1.09 bits per heavy atom. The third-order valence-electron chi connectivity index (χ3n) is 6.73. The Balaban J connectivity index is 1.67. The number of anilines is 1. The molecule has 2 aliphatic rings. The van der Waals surface area contributed by atoms with Crippen LogP contribution in [0.3, 0.4) is 0 Å². The van der Waals surface area contributed by atoms with Crippen LogP contribution in [0.15, 0.2) is 43.0 Å². The number of nitrogens with one attached hydrogen (secondary N) is 1. The van der Waals surface area contributed by atoms with Gasteiger partial charge in [0.2, 0.25) is 11.8 Å². The molecule has 1 heterocycles. The highest BCUT2D eigenvalue weighted by Crippen LogP contribution is 2.48. The molecule has 1 aromatic heterocycles. The van der Waals surface area contributed by atoms with E-state index in [4.69, 9.17) is 11.6 Å². The zero-order valence-electron chi connectivity index (χ0n) is 18.7. The molecule has 1 aromatic carbocycles. The second kappa shape index (κ2) is 9.52. The maximum absolute atomic E-state index is 14.1. The van der Waals surface area contributed by atoms with Crippen LogP contribution in [0.25, 0.3) is 0 Å². The average molecular weight is 495 g/mol. The predicted octanol–water partition coefficient (Wildman–Crippen LogP) is 4.83. The first kappa shape index (κ1) is 24.4. The number of hydrogen-bond donors (Lipinski definition) is 1. The van der Waals surface area contributed by atoms with Gasteiger partial charge in [-0.3, -0.25) is 14.5 Å². The van der Waals surface area contributed by atoms with Gasteiger partial charge in [-0.2, -0.15) is 0 Å². The van der Waals surface area contributed by atoms with Gasteiger partial charge in [0.15, 0.2) is 0 Å². The molecule has 182 valence electrons. The van der Waals surface area contributed by atoms with E-state index in [1.807, 2.05) is 12.1 Å². The minimum atomic E-state index is -2.75. The molecule has 0 radical (unpaired) electrons. The van der Waals surface area contributed by atoms with E-state index in [0.29, 0.717) is 0 Å². The van der Waals surface area contributed by atoms with Crippen molar-refractivity contribution in [1.29, 1.82) is 0 Å². The Labute approximate surface area is 200 Å². The van der Waals surface area contributed by atoms with E-state index in [-0.39, 0.29) is 42.3 Å². The molecular weight excluding hydrogens is 469 g/mol. The standard InChI is InChI=1S/C24H26ClF3N4O2/c1-23(10-11-23)16-2-4-18(5-3-16)32(22(34)20(25)26)19(15-12-29-14-30-13-15)21(33)31-17-6-8-24(27,28)9-7-17/h2-5,12-14,17,19-20H,6-11H2,1H3,(H,31,33)/t19-,20-/m0/s1. The van der Waals surface area contributed by atoms with Gasteiger partial charge in [-0.1, -0.05) is 30.7 Å². The molecule has 34 heavy (non-hydrogen) atoms. The van der Waals surface area contributed by atoms with E-state index in [1.165, 1.54) is 18.7 Å². The lowest BCUT2D eigenvalue weighted by atomic mass is 9.92. The van der Waals surface area contributed by atoms with Crippen molar-refractivity contribution in [3.63, 3.8) is 0 Å². The molecule has 0 saturated heterocycles. The largest absolute Gasteiger partial charge is 0.351 e. The van der Waals surface area contributed by atoms with Crippen LogP contribution in [0.1, 0.15) is 62.6 Å². The monoisotopic (exact) mass is 494 g/mol. The number of benzene rings is 1. The normalized spacial score (nSPS) is 20.7. The van der Waals surface area contributed by atoms with Gasteiger partial charge < -0.3 is 5.32 Å². The number of carbonyl (C=O) groups is 2. The summed E-state index contributed by atoms with van der Waals surface area (Å²) in [5.74, 6) is -4.52. The minimum Gasteiger partial charge on any atom is -0.351 e. The lowest BCUT2D eigenvalue weighted by molar-refractivity contribution is -0.128. The number of carbonyl (C=O) groups excluding carboxylic acids is 2. The van der Waals surface area contributed by atoms with E-state index in [2.05, 4.69) is 22.2 Å². The summed E-state index contributed by atoms with van der Waals surface area (Å²) >= 11 is 5.54. The zero-order chi connectivity index (χ0) is 24.5. The van der Waals surface area contributed by atoms with Crippen LogP contribution in [-0.2, 0) is 15.0 Å². The second-order valence-electron chi connectivity index (χ2n) is 9.33. The van der Waals surface area contributed by atoms with Crippen LogP contribution >= 0.6 is 11.6 Å². The van der Waals surface area contributed by atoms with Gasteiger partial charge in [0, 0.05) is 42.5 Å². The van der Waals surface area contributed by atoms with Crippen molar-refractivity contribution in [2.24, 2.45) is 0 Å². The molecule has 1 N–H and O–H groups in total. The number of rotatable bonds is 7. The molecule has 0 spiro atoms. The van der Waals surface area contributed by atoms with Crippen molar-refractivity contribution in [3.05, 3.63) is 54.1 Å². The Bertz CT molecular complexity index is 1020. The summed E-state index contributed by atoms with van der Waals surface area (Å²) in [5, 5.41) is 2.76. The Morgan fingerprint density at radius 3 is 2.21 bits per heavy atom. The van der Waals surface area contributed by atoms with Crippen LogP contribution in [-0.4, -0.2) is 39.4 Å². The zero-order valence-corrected chi connectivity index (χ0v) is 19.4. The Hall–Kier alpha value is -2.68. The summed E-state index contributed by atoms with van der Waals surface area (Å²) < 4.78 is 41.3. The van der Waals surface area contributed by atoms with Gasteiger partial charge in [-0.15, -0.1) is 0 Å². The highest BCUT2D eigenvalue weighted by molar-refractivity contribution is 6.32. The second-order valence-corrected chi connectivity index (χ2v) is 9.71. The van der Waals surface area contributed by atoms with Crippen LogP contribution in [0.4, 0.5) is 18.9 Å². The highest BCUT2D eigenvalue weighted by Gasteiger charge is 2.41. The third kappa shape index (κ3) is 5.35. The first-order valence-electron chi connectivity index (χ1n) is 11.2. The number of nitrogens with zero attached hydrogens (tertiary/aromatic N) is 3. The van der Waals surface area contributed by atoms with Crippen LogP contribution < -0.4 is 10.2 Å². The van der Waals surface area contributed by atoms with E-state index in [9.17, 15) is 22.8 Å². The number of halogens is 4. The summed E-state index contributed by atoms with van der Waals surface area (Å²) in [4.78, 5) is 35.2. The van der Waals surface area contributed by atoms with E-state index >= 15 is 0 Å². The van der Waals surface area contributed by atoms with Gasteiger partial charge in [0.25, 0.3) is 11.5 Å². The van der Waals surface area contributed by atoms with Crippen LogP contribution in [0.5, 0.6) is 0 Å². The number of amides is 2. The van der Waals surface area contributed by atoms with Gasteiger partial charge in [-0.05, 0) is 48.8 Å². The molecule has 2 fully saturated rings. The summed E-state index contributed by atoms with van der Waals surface area (Å²) in [6.07, 6.45) is 5.59. The van der Waals surface area contributed by atoms with E-state index in [0.717, 1.165) is 23.3 Å². The Morgan fingerprint density at radius 2 is 1.68 bits per heavy atom. The first-order valence-corrected chi connectivity index (χ1v) is 11.7. The molecule has 0 aliphatic heterocycles. The minimum absolute atomic E-state index is 0.0789. The summed E-state index contributed by atoms with van der Waals surface area (Å²) in [5.41, 5.74) is -0.715. The quantitative estimate of drug-likeness (QED) is 0.559. The molecule has 4 rings (SSSR count). The van der Waals surface area contributed by atoms with Crippen LogP contribution in [0, 0.1) is 0 Å². The fourth-order valence-corrected chi connectivity index (χ4v) is 4.45. The highest BCUT2D eigenvalue weighted by atomic mass is 35.5. The topological polar surface area (TPSA) is 75.2 Å².